The third-order valence-corrected chi connectivity index (χ3v) is 2.11. The molecule has 0 spiro atoms. The fourth-order valence-electron chi connectivity index (χ4n) is 1.57. The first-order chi connectivity index (χ1) is 6.56. The molecule has 2 heterocycles. The summed E-state index contributed by atoms with van der Waals surface area (Å²) in [4.78, 5) is 8.32. The quantitative estimate of drug-likeness (QED) is 0.689. The third-order valence-electron chi connectivity index (χ3n) is 2.11. The average Bonchev–Trinajstić information content (AvgIpc) is 2.49. The highest BCUT2D eigenvalue weighted by Gasteiger charge is 2.13. The highest BCUT2D eigenvalue weighted by atomic mass is 15.0. The van der Waals surface area contributed by atoms with Crippen LogP contribution in [0.25, 0.3) is 5.65 Å². The summed E-state index contributed by atoms with van der Waals surface area (Å²) in [6.07, 6.45) is 6.48. The van der Waals surface area contributed by atoms with Gasteiger partial charge in [-0.3, -0.25) is 4.40 Å². The normalized spacial score (nSPS) is 12.2. The van der Waals surface area contributed by atoms with Gasteiger partial charge >= 0.3 is 0 Å². The zero-order valence-electron chi connectivity index (χ0n) is 8.86. The van der Waals surface area contributed by atoms with Gasteiger partial charge in [-0.15, -0.1) is 0 Å². The molecule has 3 heteroatoms. The molecule has 0 unspecified atom stereocenters. The number of rotatable bonds is 1. The van der Waals surface area contributed by atoms with Crippen LogP contribution in [0.4, 0.5) is 0 Å². The van der Waals surface area contributed by atoms with Gasteiger partial charge in [-0.25, -0.2) is 9.97 Å². The lowest BCUT2D eigenvalue weighted by atomic mass is 9.90. The number of aromatic nitrogens is 3. The SMILES string of the molecule is CC(C)(C)Cc1ccnc2cncn12. The summed E-state index contributed by atoms with van der Waals surface area (Å²) >= 11 is 0. The van der Waals surface area contributed by atoms with Crippen LogP contribution in [0, 0.1) is 5.41 Å². The van der Waals surface area contributed by atoms with Crippen molar-refractivity contribution in [1.82, 2.24) is 14.4 Å². The molecule has 0 amide bonds. The van der Waals surface area contributed by atoms with Crippen molar-refractivity contribution in [1.29, 1.82) is 0 Å². The van der Waals surface area contributed by atoms with Gasteiger partial charge in [0.2, 0.25) is 0 Å². The van der Waals surface area contributed by atoms with Crippen molar-refractivity contribution in [2.45, 2.75) is 27.2 Å². The molecule has 0 N–H and O–H groups in total. The molecule has 0 fully saturated rings. The van der Waals surface area contributed by atoms with Gasteiger partial charge in [0.05, 0.1) is 6.20 Å². The smallest absolute Gasteiger partial charge is 0.156 e. The zero-order valence-corrected chi connectivity index (χ0v) is 8.86. The van der Waals surface area contributed by atoms with Gasteiger partial charge in [0, 0.05) is 11.9 Å². The molecule has 0 aliphatic rings. The van der Waals surface area contributed by atoms with E-state index in [0.29, 0.717) is 5.41 Å². The molecule has 74 valence electrons. The summed E-state index contributed by atoms with van der Waals surface area (Å²) in [5, 5.41) is 0. The Morgan fingerprint density at radius 2 is 2.14 bits per heavy atom. The number of hydrogen-bond acceptors (Lipinski definition) is 2. The lowest BCUT2D eigenvalue weighted by molar-refractivity contribution is 0.404. The summed E-state index contributed by atoms with van der Waals surface area (Å²) in [6.45, 7) is 6.70. The van der Waals surface area contributed by atoms with Crippen molar-refractivity contribution in [3.8, 4) is 0 Å². The van der Waals surface area contributed by atoms with Crippen molar-refractivity contribution < 1.29 is 0 Å². The first-order valence-corrected chi connectivity index (χ1v) is 4.82. The molecule has 0 aliphatic carbocycles. The lowest BCUT2D eigenvalue weighted by Gasteiger charge is -2.18. The molecule has 3 nitrogen and oxygen atoms in total. The summed E-state index contributed by atoms with van der Waals surface area (Å²) < 4.78 is 2.05. The van der Waals surface area contributed by atoms with E-state index in [1.54, 1.807) is 6.20 Å². The van der Waals surface area contributed by atoms with Crippen LogP contribution in [0.15, 0.2) is 24.8 Å². The minimum absolute atomic E-state index is 0.290. The van der Waals surface area contributed by atoms with E-state index in [4.69, 9.17) is 0 Å². The van der Waals surface area contributed by atoms with E-state index in [1.807, 2.05) is 16.9 Å². The van der Waals surface area contributed by atoms with Crippen molar-refractivity contribution in [2.75, 3.05) is 0 Å². The second-order valence-electron chi connectivity index (χ2n) is 4.80. The summed E-state index contributed by atoms with van der Waals surface area (Å²) in [5.74, 6) is 0. The Balaban J connectivity index is 2.46. The van der Waals surface area contributed by atoms with Crippen LogP contribution in [-0.2, 0) is 6.42 Å². The van der Waals surface area contributed by atoms with E-state index in [2.05, 4.69) is 36.8 Å². The minimum Gasteiger partial charge on any atom is -0.288 e. The summed E-state index contributed by atoms with van der Waals surface area (Å²) in [7, 11) is 0. The molecular formula is C11H15N3. The van der Waals surface area contributed by atoms with E-state index in [0.717, 1.165) is 12.1 Å². The number of imidazole rings is 1. The van der Waals surface area contributed by atoms with E-state index >= 15 is 0 Å². The van der Waals surface area contributed by atoms with Gasteiger partial charge < -0.3 is 0 Å². The van der Waals surface area contributed by atoms with Crippen LogP contribution in [0.5, 0.6) is 0 Å². The molecule has 2 aromatic rings. The molecule has 0 aromatic carbocycles. The Morgan fingerprint density at radius 1 is 1.36 bits per heavy atom. The molecule has 0 aliphatic heterocycles. The molecule has 2 aromatic heterocycles. The molecule has 0 atom stereocenters. The predicted molar refractivity (Wildman–Crippen MR) is 56.1 cm³/mol. The Hall–Kier alpha value is -1.38. The summed E-state index contributed by atoms with van der Waals surface area (Å²) in [6, 6.07) is 2.06. The fraction of sp³-hybridized carbons (Fsp3) is 0.455. The monoisotopic (exact) mass is 189 g/mol. The van der Waals surface area contributed by atoms with Crippen molar-refractivity contribution in [3.05, 3.63) is 30.5 Å². The maximum absolute atomic E-state index is 4.23. The third kappa shape index (κ3) is 1.76. The van der Waals surface area contributed by atoms with Gasteiger partial charge in [0.1, 0.15) is 6.33 Å². The highest BCUT2D eigenvalue weighted by Crippen LogP contribution is 2.20. The van der Waals surface area contributed by atoms with E-state index in [1.165, 1.54) is 5.69 Å². The van der Waals surface area contributed by atoms with Crippen molar-refractivity contribution in [2.24, 2.45) is 5.41 Å². The second kappa shape index (κ2) is 3.08. The first-order valence-electron chi connectivity index (χ1n) is 4.82. The highest BCUT2D eigenvalue weighted by molar-refractivity contribution is 5.36. The maximum atomic E-state index is 4.23. The minimum atomic E-state index is 0.290. The van der Waals surface area contributed by atoms with E-state index < -0.39 is 0 Å². The van der Waals surface area contributed by atoms with Crippen LogP contribution in [0.1, 0.15) is 26.5 Å². The Kier molecular flexibility index (Phi) is 2.02. The van der Waals surface area contributed by atoms with Crippen LogP contribution in [0.3, 0.4) is 0 Å². The Labute approximate surface area is 83.8 Å². The largest absolute Gasteiger partial charge is 0.288 e. The van der Waals surface area contributed by atoms with Gasteiger partial charge in [-0.1, -0.05) is 20.8 Å². The van der Waals surface area contributed by atoms with Gasteiger partial charge in [-0.05, 0) is 17.9 Å². The Morgan fingerprint density at radius 3 is 2.86 bits per heavy atom. The number of nitrogens with zero attached hydrogens (tertiary/aromatic N) is 3. The average molecular weight is 189 g/mol. The van der Waals surface area contributed by atoms with E-state index in [-0.39, 0.29) is 0 Å². The van der Waals surface area contributed by atoms with Gasteiger partial charge in [-0.2, -0.15) is 0 Å². The number of fused-ring (bicyclic) bond motifs is 1. The zero-order chi connectivity index (χ0) is 10.2. The van der Waals surface area contributed by atoms with Crippen LogP contribution in [0.2, 0.25) is 0 Å². The van der Waals surface area contributed by atoms with E-state index in [9.17, 15) is 0 Å². The lowest BCUT2D eigenvalue weighted by Crippen LogP contribution is -2.12. The molecule has 2 rings (SSSR count). The van der Waals surface area contributed by atoms with Crippen molar-refractivity contribution in [3.63, 3.8) is 0 Å². The predicted octanol–water partition coefficient (Wildman–Crippen LogP) is 2.32. The Bertz CT molecular complexity index is 437. The van der Waals surface area contributed by atoms with Crippen molar-refractivity contribution >= 4 is 5.65 Å². The van der Waals surface area contributed by atoms with Crippen LogP contribution in [-0.4, -0.2) is 14.4 Å². The van der Waals surface area contributed by atoms with Crippen LogP contribution < -0.4 is 0 Å². The second-order valence-corrected chi connectivity index (χ2v) is 4.80. The maximum Gasteiger partial charge on any atom is 0.156 e. The molecule has 14 heavy (non-hydrogen) atoms. The molecule has 0 radical (unpaired) electrons. The topological polar surface area (TPSA) is 30.2 Å². The first kappa shape index (κ1) is 9.19. The summed E-state index contributed by atoms with van der Waals surface area (Å²) in [5.41, 5.74) is 2.48. The standard InChI is InChI=1S/C11H15N3/c1-11(2,3)6-9-4-5-13-10-7-12-8-14(9)10/h4-5,7-8H,6H2,1-3H3. The van der Waals surface area contributed by atoms with Gasteiger partial charge in [0.25, 0.3) is 0 Å². The molecular weight excluding hydrogens is 174 g/mol. The molecule has 0 saturated heterocycles. The van der Waals surface area contributed by atoms with Crippen LogP contribution >= 0.6 is 0 Å². The van der Waals surface area contributed by atoms with Gasteiger partial charge in [0.15, 0.2) is 5.65 Å². The fourth-order valence-corrected chi connectivity index (χ4v) is 1.57. The number of hydrogen-bond donors (Lipinski definition) is 0. The molecule has 0 bridgehead atoms. The molecule has 0 saturated carbocycles.